The quantitative estimate of drug-likeness (QED) is 0.500. The Morgan fingerprint density at radius 2 is 1.64 bits per heavy atom. The van der Waals surface area contributed by atoms with Crippen LogP contribution in [0.3, 0.4) is 0 Å². The molecule has 0 bridgehead atoms. The maximum absolute atomic E-state index is 13.2. The number of esters is 2. The van der Waals surface area contributed by atoms with Crippen molar-refractivity contribution in [3.05, 3.63) is 65.7 Å². The van der Waals surface area contributed by atoms with Crippen LogP contribution in [-0.2, 0) is 36.7 Å². The van der Waals surface area contributed by atoms with E-state index in [0.717, 1.165) is 43.7 Å². The molecule has 5 rings (SSSR count). The molecule has 1 spiro atoms. The van der Waals surface area contributed by atoms with Crippen LogP contribution in [0.5, 0.6) is 0 Å². The molecule has 1 atom stereocenters. The molecule has 0 aliphatic carbocycles. The van der Waals surface area contributed by atoms with Gasteiger partial charge in [-0.05, 0) is 55.3 Å². The Balaban J connectivity index is 1.24. The SMILES string of the molecule is O=C1OC2(CCCN(c3ccccc3CCN3CCC(Cc4ccccc4)C3)C2=O)OC1=O. The molecule has 33 heavy (non-hydrogen) atoms. The van der Waals surface area contributed by atoms with Crippen molar-refractivity contribution in [1.82, 2.24) is 4.90 Å². The Morgan fingerprint density at radius 1 is 0.909 bits per heavy atom. The molecule has 2 aromatic carbocycles. The third-order valence-corrected chi connectivity index (χ3v) is 6.86. The number of carbonyl (C=O) groups is 3. The Labute approximate surface area is 193 Å². The Morgan fingerprint density at radius 3 is 2.42 bits per heavy atom. The van der Waals surface area contributed by atoms with Gasteiger partial charge in [-0.2, -0.15) is 0 Å². The Hall–Kier alpha value is -3.19. The highest BCUT2D eigenvalue weighted by Crippen LogP contribution is 2.36. The van der Waals surface area contributed by atoms with Gasteiger partial charge in [-0.15, -0.1) is 0 Å². The lowest BCUT2D eigenvalue weighted by Crippen LogP contribution is -2.55. The number of carbonyl (C=O) groups excluding carboxylic acids is 3. The van der Waals surface area contributed by atoms with Crippen molar-refractivity contribution in [2.75, 3.05) is 31.1 Å². The average Bonchev–Trinajstić information content (AvgIpc) is 3.39. The van der Waals surface area contributed by atoms with Gasteiger partial charge in [0, 0.05) is 31.7 Å². The molecule has 1 amide bonds. The molecule has 2 aromatic rings. The number of hydrogen-bond acceptors (Lipinski definition) is 6. The van der Waals surface area contributed by atoms with E-state index in [4.69, 9.17) is 9.47 Å². The molecular weight excluding hydrogens is 420 g/mol. The molecule has 1 unspecified atom stereocenters. The van der Waals surface area contributed by atoms with Crippen LogP contribution in [0.25, 0.3) is 0 Å². The summed E-state index contributed by atoms with van der Waals surface area (Å²) in [5.74, 6) is -3.82. The standard InChI is InChI=1S/C26H28N2O5/c29-23-24(30)33-26(32-23)13-6-14-28(25(26)31)22-10-5-4-9-21(22)12-16-27-15-11-20(18-27)17-19-7-2-1-3-8-19/h1-5,7-10,20H,6,11-18H2. The Bertz CT molecular complexity index is 1040. The first-order valence-electron chi connectivity index (χ1n) is 11.7. The summed E-state index contributed by atoms with van der Waals surface area (Å²) in [5.41, 5.74) is 3.24. The van der Waals surface area contributed by atoms with Crippen LogP contribution in [0.4, 0.5) is 5.69 Å². The van der Waals surface area contributed by atoms with Gasteiger partial charge in [0.15, 0.2) is 0 Å². The molecule has 3 aliphatic heterocycles. The van der Waals surface area contributed by atoms with E-state index in [1.54, 1.807) is 4.90 Å². The molecular formula is C26H28N2O5. The van der Waals surface area contributed by atoms with Gasteiger partial charge in [0.1, 0.15) is 0 Å². The molecule has 3 fully saturated rings. The number of hydrogen-bond donors (Lipinski definition) is 0. The number of rotatable bonds is 6. The highest BCUT2D eigenvalue weighted by Gasteiger charge is 2.58. The zero-order valence-corrected chi connectivity index (χ0v) is 18.6. The minimum absolute atomic E-state index is 0.193. The first-order chi connectivity index (χ1) is 16.0. The largest absolute Gasteiger partial charge is 0.421 e. The van der Waals surface area contributed by atoms with Crippen molar-refractivity contribution in [2.45, 2.75) is 37.9 Å². The van der Waals surface area contributed by atoms with E-state index in [2.05, 4.69) is 35.2 Å². The monoisotopic (exact) mass is 448 g/mol. The van der Waals surface area contributed by atoms with Crippen LogP contribution >= 0.6 is 0 Å². The van der Waals surface area contributed by atoms with Crippen LogP contribution in [0.2, 0.25) is 0 Å². The number of benzene rings is 2. The second-order valence-electron chi connectivity index (χ2n) is 9.12. The van der Waals surface area contributed by atoms with Crippen LogP contribution in [0.15, 0.2) is 54.6 Å². The van der Waals surface area contributed by atoms with Crippen molar-refractivity contribution in [2.24, 2.45) is 5.92 Å². The predicted octanol–water partition coefficient (Wildman–Crippen LogP) is 2.72. The number of amides is 1. The third kappa shape index (κ3) is 4.37. The molecule has 3 heterocycles. The average molecular weight is 449 g/mol. The van der Waals surface area contributed by atoms with Gasteiger partial charge in [0.05, 0.1) is 0 Å². The van der Waals surface area contributed by atoms with E-state index < -0.39 is 23.6 Å². The zero-order chi connectivity index (χ0) is 22.8. The van der Waals surface area contributed by atoms with Crippen molar-refractivity contribution in [3.8, 4) is 0 Å². The van der Waals surface area contributed by atoms with E-state index >= 15 is 0 Å². The first kappa shape index (κ1) is 21.6. The van der Waals surface area contributed by atoms with E-state index in [-0.39, 0.29) is 6.42 Å². The van der Waals surface area contributed by atoms with E-state index in [1.165, 1.54) is 12.0 Å². The third-order valence-electron chi connectivity index (χ3n) is 6.86. The van der Waals surface area contributed by atoms with Gasteiger partial charge in [-0.3, -0.25) is 4.79 Å². The fraction of sp³-hybridized carbons (Fsp3) is 0.423. The van der Waals surface area contributed by atoms with Crippen molar-refractivity contribution >= 4 is 23.5 Å². The maximum atomic E-state index is 13.2. The summed E-state index contributed by atoms with van der Waals surface area (Å²) in [5, 5.41) is 0. The zero-order valence-electron chi connectivity index (χ0n) is 18.6. The van der Waals surface area contributed by atoms with Crippen LogP contribution < -0.4 is 4.90 Å². The number of piperidine rings is 1. The topological polar surface area (TPSA) is 76.2 Å². The molecule has 3 saturated heterocycles. The molecule has 3 aliphatic rings. The smallest absolute Gasteiger partial charge is 0.405 e. The summed E-state index contributed by atoms with van der Waals surface area (Å²) >= 11 is 0. The lowest BCUT2D eigenvalue weighted by atomic mass is 9.99. The highest BCUT2D eigenvalue weighted by atomic mass is 16.8. The molecule has 0 aromatic heterocycles. The Kier molecular flexibility index (Phi) is 5.89. The van der Waals surface area contributed by atoms with E-state index in [0.29, 0.717) is 18.9 Å². The number of likely N-dealkylation sites (tertiary alicyclic amines) is 1. The summed E-state index contributed by atoms with van der Waals surface area (Å²) in [6.07, 6.45) is 3.88. The van der Waals surface area contributed by atoms with Gasteiger partial charge in [-0.25, -0.2) is 9.59 Å². The van der Waals surface area contributed by atoms with Gasteiger partial charge in [-0.1, -0.05) is 48.5 Å². The predicted molar refractivity (Wildman–Crippen MR) is 121 cm³/mol. The van der Waals surface area contributed by atoms with Crippen molar-refractivity contribution < 1.29 is 23.9 Å². The normalized spacial score (nSPS) is 22.6. The van der Waals surface area contributed by atoms with Crippen LogP contribution in [-0.4, -0.2) is 54.7 Å². The summed E-state index contributed by atoms with van der Waals surface area (Å²) in [6, 6.07) is 18.4. The van der Waals surface area contributed by atoms with Gasteiger partial charge in [0.25, 0.3) is 0 Å². The highest BCUT2D eigenvalue weighted by molar-refractivity contribution is 6.32. The van der Waals surface area contributed by atoms with Gasteiger partial charge < -0.3 is 19.3 Å². The lowest BCUT2D eigenvalue weighted by molar-refractivity contribution is -0.192. The van der Waals surface area contributed by atoms with Gasteiger partial charge >= 0.3 is 23.6 Å². The number of anilines is 1. The minimum atomic E-state index is -1.81. The summed E-state index contributed by atoms with van der Waals surface area (Å²) in [7, 11) is 0. The fourth-order valence-electron chi connectivity index (χ4n) is 5.20. The molecule has 172 valence electrons. The molecule has 7 heteroatoms. The number of para-hydroxylation sites is 1. The summed E-state index contributed by atoms with van der Waals surface area (Å²) < 4.78 is 10.2. The van der Waals surface area contributed by atoms with E-state index in [1.807, 2.05) is 24.3 Å². The molecule has 0 saturated carbocycles. The molecule has 0 N–H and O–H groups in total. The maximum Gasteiger partial charge on any atom is 0.421 e. The van der Waals surface area contributed by atoms with Crippen molar-refractivity contribution in [3.63, 3.8) is 0 Å². The summed E-state index contributed by atoms with van der Waals surface area (Å²) in [6.45, 7) is 3.57. The van der Waals surface area contributed by atoms with Gasteiger partial charge in [0.2, 0.25) is 0 Å². The fourth-order valence-corrected chi connectivity index (χ4v) is 5.20. The second kappa shape index (κ2) is 8.98. The summed E-state index contributed by atoms with van der Waals surface area (Å²) in [4.78, 5) is 40.6. The molecule has 7 nitrogen and oxygen atoms in total. The molecule has 0 radical (unpaired) electrons. The minimum Gasteiger partial charge on any atom is -0.405 e. The first-order valence-corrected chi connectivity index (χ1v) is 11.7. The lowest BCUT2D eigenvalue weighted by Gasteiger charge is -2.36. The van der Waals surface area contributed by atoms with Crippen LogP contribution in [0, 0.1) is 5.92 Å². The van der Waals surface area contributed by atoms with E-state index in [9.17, 15) is 14.4 Å². The number of ether oxygens (including phenoxy) is 2. The van der Waals surface area contributed by atoms with Crippen molar-refractivity contribution in [1.29, 1.82) is 0 Å². The second-order valence-corrected chi connectivity index (χ2v) is 9.12. The number of nitrogens with zero attached hydrogens (tertiary/aromatic N) is 2. The van der Waals surface area contributed by atoms with Crippen LogP contribution in [0.1, 0.15) is 30.4 Å².